The summed E-state index contributed by atoms with van der Waals surface area (Å²) in [7, 11) is 0. The van der Waals surface area contributed by atoms with Crippen LogP contribution in [0.2, 0.25) is 0 Å². The molecule has 0 fully saturated rings. The largest absolute Gasteiger partial charge is 0.393 e. The second kappa shape index (κ2) is 7.78. The molecular weight excluding hydrogens is 352 g/mol. The maximum absolute atomic E-state index is 12.2. The lowest BCUT2D eigenvalue weighted by Gasteiger charge is -2.11. The summed E-state index contributed by atoms with van der Waals surface area (Å²) in [6.45, 7) is 2.21. The lowest BCUT2D eigenvalue weighted by atomic mass is 10.2. The van der Waals surface area contributed by atoms with Crippen LogP contribution in [0.1, 0.15) is 19.8 Å². The highest BCUT2D eigenvalue weighted by Crippen LogP contribution is 2.27. The van der Waals surface area contributed by atoms with E-state index in [0.29, 0.717) is 25.2 Å². The Morgan fingerprint density at radius 2 is 1.75 bits per heavy atom. The monoisotopic (exact) mass is 374 g/mol. The van der Waals surface area contributed by atoms with Crippen molar-refractivity contribution >= 4 is 11.0 Å². The molecule has 0 spiro atoms. The highest BCUT2D eigenvalue weighted by Gasteiger charge is 2.15. The van der Waals surface area contributed by atoms with Crippen molar-refractivity contribution in [2.24, 2.45) is 0 Å². The van der Waals surface area contributed by atoms with Crippen molar-refractivity contribution in [2.45, 2.75) is 32.4 Å². The number of aliphatic hydroxyl groups is 1. The standard InChI is InChI=1S/C22H22N4O2/c1-16(27)8-7-15-25-21(28)14-13-20(24-25)26-19-12-6-5-11-18(19)23-22(26)17-9-3-2-4-10-17/h2-6,9-14,16,27H,7-8,15H2,1H3. The molecule has 4 rings (SSSR count). The number of rotatable bonds is 6. The molecule has 0 aliphatic heterocycles. The van der Waals surface area contributed by atoms with Gasteiger partial charge in [0.15, 0.2) is 5.82 Å². The molecule has 2 heterocycles. The van der Waals surface area contributed by atoms with Gasteiger partial charge in [-0.1, -0.05) is 42.5 Å². The first-order valence-corrected chi connectivity index (χ1v) is 9.43. The highest BCUT2D eigenvalue weighted by atomic mass is 16.3. The van der Waals surface area contributed by atoms with Crippen molar-refractivity contribution in [1.29, 1.82) is 0 Å². The molecule has 0 saturated heterocycles. The molecule has 2 aromatic carbocycles. The average molecular weight is 374 g/mol. The average Bonchev–Trinajstić information content (AvgIpc) is 3.09. The van der Waals surface area contributed by atoms with E-state index >= 15 is 0 Å². The maximum atomic E-state index is 12.2. The van der Waals surface area contributed by atoms with Gasteiger partial charge in [0.1, 0.15) is 5.82 Å². The van der Waals surface area contributed by atoms with E-state index in [1.54, 1.807) is 13.0 Å². The van der Waals surface area contributed by atoms with Gasteiger partial charge in [0.2, 0.25) is 0 Å². The van der Waals surface area contributed by atoms with Gasteiger partial charge in [0, 0.05) is 18.2 Å². The number of hydrogen-bond donors (Lipinski definition) is 1. The van der Waals surface area contributed by atoms with E-state index in [2.05, 4.69) is 5.10 Å². The zero-order chi connectivity index (χ0) is 19.5. The van der Waals surface area contributed by atoms with E-state index in [1.807, 2.05) is 59.2 Å². The van der Waals surface area contributed by atoms with Crippen LogP contribution < -0.4 is 5.56 Å². The topological polar surface area (TPSA) is 72.9 Å². The Kier molecular flexibility index (Phi) is 5.04. The summed E-state index contributed by atoms with van der Waals surface area (Å²) in [5.74, 6) is 1.42. The van der Waals surface area contributed by atoms with Crippen molar-refractivity contribution in [3.8, 4) is 17.2 Å². The van der Waals surface area contributed by atoms with Crippen molar-refractivity contribution in [2.75, 3.05) is 0 Å². The van der Waals surface area contributed by atoms with Crippen LogP contribution >= 0.6 is 0 Å². The van der Waals surface area contributed by atoms with E-state index in [0.717, 1.165) is 22.4 Å². The van der Waals surface area contributed by atoms with Crippen LogP contribution in [0.15, 0.2) is 71.5 Å². The summed E-state index contributed by atoms with van der Waals surface area (Å²) in [4.78, 5) is 17.0. The van der Waals surface area contributed by atoms with Gasteiger partial charge in [-0.05, 0) is 38.0 Å². The zero-order valence-electron chi connectivity index (χ0n) is 15.7. The first kappa shape index (κ1) is 18.1. The molecule has 0 bridgehead atoms. The molecule has 0 amide bonds. The fourth-order valence-electron chi connectivity index (χ4n) is 3.29. The molecule has 6 heteroatoms. The third-order valence-corrected chi connectivity index (χ3v) is 4.67. The summed E-state index contributed by atoms with van der Waals surface area (Å²) in [5.41, 5.74) is 2.63. The third kappa shape index (κ3) is 3.59. The van der Waals surface area contributed by atoms with Crippen LogP contribution in [0.5, 0.6) is 0 Å². The molecule has 0 saturated carbocycles. The first-order chi connectivity index (χ1) is 13.6. The van der Waals surface area contributed by atoms with Crippen LogP contribution in [0.25, 0.3) is 28.2 Å². The van der Waals surface area contributed by atoms with Crippen LogP contribution in [-0.2, 0) is 6.54 Å². The summed E-state index contributed by atoms with van der Waals surface area (Å²) in [5, 5.41) is 14.1. The molecule has 2 aromatic heterocycles. The normalized spacial score (nSPS) is 12.4. The fourth-order valence-corrected chi connectivity index (χ4v) is 3.29. The molecule has 0 radical (unpaired) electrons. The van der Waals surface area contributed by atoms with E-state index < -0.39 is 0 Å². The van der Waals surface area contributed by atoms with Gasteiger partial charge in [0.05, 0.1) is 17.1 Å². The van der Waals surface area contributed by atoms with E-state index in [9.17, 15) is 9.90 Å². The molecule has 142 valence electrons. The predicted molar refractivity (Wildman–Crippen MR) is 109 cm³/mol. The number of benzene rings is 2. The van der Waals surface area contributed by atoms with Crippen LogP contribution in [0.4, 0.5) is 0 Å². The SMILES string of the molecule is CC(O)CCCn1nc(-n2c(-c3ccccc3)nc3ccccc32)ccc1=O. The molecule has 28 heavy (non-hydrogen) atoms. The van der Waals surface area contributed by atoms with Crippen LogP contribution in [0, 0.1) is 0 Å². The zero-order valence-corrected chi connectivity index (χ0v) is 15.7. The van der Waals surface area contributed by atoms with Crippen molar-refractivity contribution in [3.63, 3.8) is 0 Å². The van der Waals surface area contributed by atoms with Crippen molar-refractivity contribution < 1.29 is 5.11 Å². The molecule has 0 aliphatic carbocycles. The second-order valence-electron chi connectivity index (χ2n) is 6.87. The summed E-state index contributed by atoms with van der Waals surface area (Å²) >= 11 is 0. The molecular formula is C22H22N4O2. The Morgan fingerprint density at radius 3 is 2.54 bits per heavy atom. The molecule has 1 unspecified atom stereocenters. The van der Waals surface area contributed by atoms with Gasteiger partial charge in [-0.15, -0.1) is 0 Å². The maximum Gasteiger partial charge on any atom is 0.266 e. The summed E-state index contributed by atoms with van der Waals surface area (Å²) < 4.78 is 3.44. The Balaban J connectivity index is 1.84. The number of imidazole rings is 1. The van der Waals surface area contributed by atoms with E-state index in [-0.39, 0.29) is 11.7 Å². The summed E-state index contributed by atoms with van der Waals surface area (Å²) in [6.07, 6.45) is 0.924. The number of hydrogen-bond acceptors (Lipinski definition) is 4. The Labute approximate surface area is 162 Å². The molecule has 6 nitrogen and oxygen atoms in total. The molecule has 1 N–H and O–H groups in total. The van der Waals surface area contributed by atoms with Gasteiger partial charge >= 0.3 is 0 Å². The minimum Gasteiger partial charge on any atom is -0.393 e. The predicted octanol–water partition coefficient (Wildman–Crippen LogP) is 3.41. The molecule has 1 atom stereocenters. The quantitative estimate of drug-likeness (QED) is 0.561. The van der Waals surface area contributed by atoms with E-state index in [1.165, 1.54) is 10.7 Å². The fraction of sp³-hybridized carbons (Fsp3) is 0.227. The minimum atomic E-state index is -0.388. The van der Waals surface area contributed by atoms with Gasteiger partial charge in [0.25, 0.3) is 5.56 Å². The van der Waals surface area contributed by atoms with Crippen LogP contribution in [0.3, 0.4) is 0 Å². The number of aryl methyl sites for hydroxylation is 1. The number of aliphatic hydroxyl groups excluding tert-OH is 1. The second-order valence-corrected chi connectivity index (χ2v) is 6.87. The molecule has 4 aromatic rings. The number of nitrogens with zero attached hydrogens (tertiary/aromatic N) is 4. The summed E-state index contributed by atoms with van der Waals surface area (Å²) in [6, 6.07) is 21.1. The van der Waals surface area contributed by atoms with Crippen LogP contribution in [-0.4, -0.2) is 30.5 Å². The van der Waals surface area contributed by atoms with Gasteiger partial charge in [-0.25, -0.2) is 9.67 Å². The molecule has 0 aliphatic rings. The van der Waals surface area contributed by atoms with Gasteiger partial charge < -0.3 is 5.11 Å². The highest BCUT2D eigenvalue weighted by molar-refractivity contribution is 5.82. The first-order valence-electron chi connectivity index (χ1n) is 9.43. The van der Waals surface area contributed by atoms with E-state index in [4.69, 9.17) is 4.98 Å². The van der Waals surface area contributed by atoms with Gasteiger partial charge in [-0.3, -0.25) is 9.36 Å². The lowest BCUT2D eigenvalue weighted by molar-refractivity contribution is 0.178. The Hall–Kier alpha value is -3.25. The smallest absolute Gasteiger partial charge is 0.266 e. The third-order valence-electron chi connectivity index (χ3n) is 4.67. The Morgan fingerprint density at radius 1 is 1.00 bits per heavy atom. The lowest BCUT2D eigenvalue weighted by Crippen LogP contribution is -2.24. The van der Waals surface area contributed by atoms with Gasteiger partial charge in [-0.2, -0.15) is 5.10 Å². The number of fused-ring (bicyclic) bond motifs is 1. The van der Waals surface area contributed by atoms with Crippen molar-refractivity contribution in [1.82, 2.24) is 19.3 Å². The number of aromatic nitrogens is 4. The Bertz CT molecular complexity index is 1150. The van der Waals surface area contributed by atoms with Crippen molar-refractivity contribution in [3.05, 3.63) is 77.1 Å². The number of para-hydroxylation sites is 2. The minimum absolute atomic E-state index is 0.153.